The van der Waals surface area contributed by atoms with Gasteiger partial charge in [-0.1, -0.05) is 17.7 Å². The molecule has 0 N–H and O–H groups in total. The lowest BCUT2D eigenvalue weighted by molar-refractivity contribution is -0.129. The van der Waals surface area contributed by atoms with Gasteiger partial charge in [-0.15, -0.1) is 0 Å². The number of nitrogens with zero attached hydrogens (tertiary/aromatic N) is 3. The van der Waals surface area contributed by atoms with Crippen LogP contribution in [0.3, 0.4) is 0 Å². The second kappa shape index (κ2) is 8.59. The average Bonchev–Trinajstić information content (AvgIpc) is 2.68. The molecular weight excluding hydrogens is 417 g/mol. The molecule has 9 heteroatoms. The molecule has 0 aromatic heterocycles. The van der Waals surface area contributed by atoms with Crippen LogP contribution in [0.25, 0.3) is 0 Å². The Hall–Kier alpha value is -2.32. The van der Waals surface area contributed by atoms with E-state index in [-0.39, 0.29) is 18.3 Å². The van der Waals surface area contributed by atoms with Crippen LogP contribution in [-0.4, -0.2) is 58.2 Å². The number of aryl methyl sites for hydroxylation is 1. The van der Waals surface area contributed by atoms with Gasteiger partial charge in [-0.05, 0) is 48.9 Å². The number of hydrogen-bond acceptors (Lipinski definition) is 4. The van der Waals surface area contributed by atoms with Crippen molar-refractivity contribution >= 4 is 38.9 Å². The number of carbonyl (C=O) groups excluding carboxylic acids is 1. The molecule has 1 amide bonds. The zero-order valence-corrected chi connectivity index (χ0v) is 17.9. The molecule has 29 heavy (non-hydrogen) atoms. The number of rotatable bonds is 5. The molecule has 6 nitrogen and oxygen atoms in total. The van der Waals surface area contributed by atoms with Gasteiger partial charge in [0.15, 0.2) is 0 Å². The maximum absolute atomic E-state index is 13.1. The third-order valence-corrected chi connectivity index (χ3v) is 6.30. The van der Waals surface area contributed by atoms with Crippen LogP contribution >= 0.6 is 11.6 Å². The number of hydrogen-bond donors (Lipinski definition) is 0. The first kappa shape index (κ1) is 21.4. The third-order valence-electron chi connectivity index (χ3n) is 4.94. The molecule has 0 unspecified atom stereocenters. The summed E-state index contributed by atoms with van der Waals surface area (Å²) in [6, 6.07) is 11.2. The second-order valence-corrected chi connectivity index (χ2v) is 9.39. The number of anilines is 2. The first-order valence-electron chi connectivity index (χ1n) is 9.17. The van der Waals surface area contributed by atoms with E-state index in [9.17, 15) is 17.6 Å². The standard InChI is InChI=1S/C20H23ClFN3O3S/c1-15-3-4-16(21)13-19(15)25(29(2,27)28)14-20(26)24-11-9-23(10-12-24)18-7-5-17(22)6-8-18/h3-8,13H,9-12,14H2,1-2H3. The lowest BCUT2D eigenvalue weighted by Gasteiger charge is -2.37. The summed E-state index contributed by atoms with van der Waals surface area (Å²) in [5, 5.41) is 0.402. The van der Waals surface area contributed by atoms with Crippen LogP contribution < -0.4 is 9.21 Å². The Morgan fingerprint density at radius 2 is 1.72 bits per heavy atom. The summed E-state index contributed by atoms with van der Waals surface area (Å²) >= 11 is 6.03. The van der Waals surface area contributed by atoms with Gasteiger partial charge in [0.2, 0.25) is 15.9 Å². The molecule has 1 heterocycles. The second-order valence-electron chi connectivity index (χ2n) is 7.04. The molecule has 0 aliphatic carbocycles. The maximum atomic E-state index is 13.1. The van der Waals surface area contributed by atoms with Gasteiger partial charge < -0.3 is 9.80 Å². The predicted molar refractivity (Wildman–Crippen MR) is 114 cm³/mol. The van der Waals surface area contributed by atoms with Gasteiger partial charge in [-0.25, -0.2) is 12.8 Å². The smallest absolute Gasteiger partial charge is 0.243 e. The van der Waals surface area contributed by atoms with Crippen LogP contribution in [0.2, 0.25) is 5.02 Å². The van der Waals surface area contributed by atoms with Crippen molar-refractivity contribution in [3.8, 4) is 0 Å². The van der Waals surface area contributed by atoms with E-state index in [1.54, 1.807) is 42.2 Å². The van der Waals surface area contributed by atoms with Gasteiger partial charge in [-0.2, -0.15) is 0 Å². The Labute approximate surface area is 175 Å². The maximum Gasteiger partial charge on any atom is 0.243 e. The topological polar surface area (TPSA) is 60.9 Å². The summed E-state index contributed by atoms with van der Waals surface area (Å²) < 4.78 is 38.9. The van der Waals surface area contributed by atoms with Gasteiger partial charge >= 0.3 is 0 Å². The van der Waals surface area contributed by atoms with Gasteiger partial charge in [-0.3, -0.25) is 9.10 Å². The normalized spacial score (nSPS) is 14.8. The number of benzene rings is 2. The quantitative estimate of drug-likeness (QED) is 0.718. The molecule has 2 aromatic carbocycles. The number of sulfonamides is 1. The molecule has 2 aromatic rings. The van der Waals surface area contributed by atoms with Crippen molar-refractivity contribution in [3.05, 3.63) is 58.9 Å². The van der Waals surface area contributed by atoms with Crippen molar-refractivity contribution < 1.29 is 17.6 Å². The van der Waals surface area contributed by atoms with Crippen LogP contribution in [0.5, 0.6) is 0 Å². The van der Waals surface area contributed by atoms with E-state index < -0.39 is 10.0 Å². The SMILES string of the molecule is Cc1ccc(Cl)cc1N(CC(=O)N1CCN(c2ccc(F)cc2)CC1)S(C)(=O)=O. The Morgan fingerprint density at radius 3 is 2.31 bits per heavy atom. The summed E-state index contributed by atoms with van der Waals surface area (Å²) in [7, 11) is -3.67. The molecule has 1 fully saturated rings. The molecule has 0 radical (unpaired) electrons. The monoisotopic (exact) mass is 439 g/mol. The molecule has 3 rings (SSSR count). The van der Waals surface area contributed by atoms with Crippen molar-refractivity contribution in [2.75, 3.05) is 48.2 Å². The van der Waals surface area contributed by atoms with Crippen LogP contribution in [0.1, 0.15) is 5.56 Å². The summed E-state index contributed by atoms with van der Waals surface area (Å²) in [6.07, 6.45) is 1.08. The van der Waals surface area contributed by atoms with E-state index in [0.29, 0.717) is 42.5 Å². The number of carbonyl (C=O) groups is 1. The molecule has 1 aliphatic heterocycles. The molecule has 0 saturated carbocycles. The highest BCUT2D eigenvalue weighted by Crippen LogP contribution is 2.26. The fourth-order valence-electron chi connectivity index (χ4n) is 3.32. The molecule has 0 bridgehead atoms. The average molecular weight is 440 g/mol. The highest BCUT2D eigenvalue weighted by molar-refractivity contribution is 7.92. The third kappa shape index (κ3) is 5.19. The van der Waals surface area contributed by atoms with E-state index >= 15 is 0 Å². The molecule has 1 saturated heterocycles. The van der Waals surface area contributed by atoms with Crippen molar-refractivity contribution in [1.82, 2.24) is 4.90 Å². The van der Waals surface area contributed by atoms with Crippen molar-refractivity contribution in [2.24, 2.45) is 0 Å². The van der Waals surface area contributed by atoms with Crippen LogP contribution in [0.15, 0.2) is 42.5 Å². The Bertz CT molecular complexity index is 991. The highest BCUT2D eigenvalue weighted by atomic mass is 35.5. The van der Waals surface area contributed by atoms with Crippen molar-refractivity contribution in [1.29, 1.82) is 0 Å². The van der Waals surface area contributed by atoms with Crippen molar-refractivity contribution in [2.45, 2.75) is 6.92 Å². The van der Waals surface area contributed by atoms with Gasteiger partial charge in [0.05, 0.1) is 11.9 Å². The van der Waals surface area contributed by atoms with Crippen LogP contribution in [-0.2, 0) is 14.8 Å². The van der Waals surface area contributed by atoms with Crippen molar-refractivity contribution in [3.63, 3.8) is 0 Å². The first-order valence-corrected chi connectivity index (χ1v) is 11.4. The van der Waals surface area contributed by atoms with Gasteiger partial charge in [0.25, 0.3) is 0 Å². The van der Waals surface area contributed by atoms with Gasteiger partial charge in [0, 0.05) is 36.9 Å². The molecular formula is C20H23ClFN3O3S. The molecule has 0 spiro atoms. The largest absolute Gasteiger partial charge is 0.368 e. The van der Waals surface area contributed by atoms with Crippen LogP contribution in [0, 0.1) is 12.7 Å². The summed E-state index contributed by atoms with van der Waals surface area (Å²) in [5.41, 5.74) is 2.01. The fraction of sp³-hybridized carbons (Fsp3) is 0.350. The minimum Gasteiger partial charge on any atom is -0.368 e. The number of halogens is 2. The fourth-order valence-corrected chi connectivity index (χ4v) is 4.39. The lowest BCUT2D eigenvalue weighted by Crippen LogP contribution is -2.52. The number of amides is 1. The Kier molecular flexibility index (Phi) is 6.33. The van der Waals surface area contributed by atoms with E-state index in [1.165, 1.54) is 12.1 Å². The van der Waals surface area contributed by atoms with E-state index in [2.05, 4.69) is 4.90 Å². The van der Waals surface area contributed by atoms with Crippen LogP contribution in [0.4, 0.5) is 15.8 Å². The van der Waals surface area contributed by atoms with E-state index in [0.717, 1.165) is 16.2 Å². The van der Waals surface area contributed by atoms with E-state index in [1.807, 2.05) is 0 Å². The molecule has 1 aliphatic rings. The molecule has 156 valence electrons. The molecule has 0 atom stereocenters. The highest BCUT2D eigenvalue weighted by Gasteiger charge is 2.27. The Balaban J connectivity index is 1.69. The lowest BCUT2D eigenvalue weighted by atomic mass is 10.2. The zero-order chi connectivity index (χ0) is 21.2. The minimum atomic E-state index is -3.67. The predicted octanol–water partition coefficient (Wildman–Crippen LogP) is 2.90. The Morgan fingerprint density at radius 1 is 1.10 bits per heavy atom. The zero-order valence-electron chi connectivity index (χ0n) is 16.3. The van der Waals surface area contributed by atoms with Gasteiger partial charge in [0.1, 0.15) is 12.4 Å². The first-order chi connectivity index (χ1) is 13.6. The minimum absolute atomic E-state index is 0.270. The van der Waals surface area contributed by atoms with E-state index in [4.69, 9.17) is 11.6 Å². The summed E-state index contributed by atoms with van der Waals surface area (Å²) in [4.78, 5) is 16.6. The summed E-state index contributed by atoms with van der Waals surface area (Å²) in [5.74, 6) is -0.562. The summed E-state index contributed by atoms with van der Waals surface area (Å²) in [6.45, 7) is 3.59. The number of piperazine rings is 1.